The number of unbranched alkanes of at least 4 members (excludes halogenated alkanes) is 2. The first-order chi connectivity index (χ1) is 23.1. The van der Waals surface area contributed by atoms with Crippen molar-refractivity contribution in [2.24, 2.45) is 14.1 Å². The molecule has 1 aliphatic rings. The van der Waals surface area contributed by atoms with Crippen LogP contribution in [-0.2, 0) is 25.3 Å². The number of hydrogen-bond acceptors (Lipinski definition) is 8. The molecule has 0 fully saturated rings. The second-order valence-corrected chi connectivity index (χ2v) is 12.7. The van der Waals surface area contributed by atoms with Crippen molar-refractivity contribution in [3.8, 4) is 28.3 Å². The molecular weight excluding hydrogens is 628 g/mol. The predicted molar refractivity (Wildman–Crippen MR) is 191 cm³/mol. The number of pyridine rings is 2. The number of aldehydes is 1. The van der Waals surface area contributed by atoms with Crippen LogP contribution in [0, 0.1) is 13.8 Å². The molecule has 0 saturated heterocycles. The Balaban J connectivity index is 1.35. The number of ether oxygens (including phenoxy) is 1. The van der Waals surface area contributed by atoms with Crippen LogP contribution < -0.4 is 26.6 Å². The van der Waals surface area contributed by atoms with Crippen LogP contribution in [0.15, 0.2) is 58.1 Å². The molecule has 0 aliphatic heterocycles. The monoisotopic (exact) mass is 666 g/mol. The molecule has 3 heterocycles. The quantitative estimate of drug-likeness (QED) is 0.124. The topological polar surface area (TPSA) is 120 Å². The summed E-state index contributed by atoms with van der Waals surface area (Å²) in [6, 6.07) is 15.8. The number of aromatic nitrogens is 4. The first kappa shape index (κ1) is 33.1. The van der Waals surface area contributed by atoms with Crippen LogP contribution in [0.25, 0.3) is 33.3 Å². The maximum Gasteiger partial charge on any atom is 0.330 e. The summed E-state index contributed by atoms with van der Waals surface area (Å²) < 4.78 is 8.37. The van der Waals surface area contributed by atoms with E-state index < -0.39 is 11.2 Å². The lowest BCUT2D eigenvalue weighted by atomic mass is 9.96. The van der Waals surface area contributed by atoms with Gasteiger partial charge in [0.1, 0.15) is 17.5 Å². The van der Waals surface area contributed by atoms with Crippen molar-refractivity contribution in [1.29, 1.82) is 0 Å². The van der Waals surface area contributed by atoms with Gasteiger partial charge in [0.05, 0.1) is 23.3 Å². The molecule has 1 atom stereocenters. The Bertz CT molecular complexity index is 2170. The van der Waals surface area contributed by atoms with Crippen molar-refractivity contribution >= 4 is 40.3 Å². The molecule has 3 aromatic heterocycles. The van der Waals surface area contributed by atoms with Crippen LogP contribution >= 0.6 is 11.6 Å². The van der Waals surface area contributed by atoms with Gasteiger partial charge >= 0.3 is 5.69 Å². The Morgan fingerprint density at radius 3 is 2.52 bits per heavy atom. The van der Waals surface area contributed by atoms with Crippen molar-refractivity contribution in [1.82, 2.24) is 24.4 Å². The number of methoxy groups -OCH3 is 1. The third-order valence-corrected chi connectivity index (χ3v) is 9.63. The number of anilines is 2. The van der Waals surface area contributed by atoms with Crippen molar-refractivity contribution in [2.45, 2.75) is 52.0 Å². The maximum absolute atomic E-state index is 13.3. The number of nitrogens with zero attached hydrogens (tertiary/aromatic N) is 4. The summed E-state index contributed by atoms with van der Waals surface area (Å²) in [6.45, 7) is 4.66. The van der Waals surface area contributed by atoms with E-state index in [-0.39, 0.29) is 6.04 Å². The van der Waals surface area contributed by atoms with E-state index in [0.29, 0.717) is 39.7 Å². The van der Waals surface area contributed by atoms with Gasteiger partial charge in [-0.05, 0) is 81.0 Å². The fourth-order valence-corrected chi connectivity index (χ4v) is 6.99. The molecule has 6 rings (SSSR count). The van der Waals surface area contributed by atoms with Gasteiger partial charge in [-0.25, -0.2) is 14.8 Å². The van der Waals surface area contributed by atoms with Gasteiger partial charge in [0.2, 0.25) is 5.88 Å². The Morgan fingerprint density at radius 2 is 1.75 bits per heavy atom. The van der Waals surface area contributed by atoms with Gasteiger partial charge in [0.25, 0.3) is 5.56 Å². The van der Waals surface area contributed by atoms with E-state index >= 15 is 0 Å². The molecule has 0 radical (unpaired) electrons. The highest BCUT2D eigenvalue weighted by Crippen LogP contribution is 2.43. The minimum Gasteiger partial charge on any atom is -0.481 e. The minimum atomic E-state index is -0.415. The highest BCUT2D eigenvalue weighted by atomic mass is 35.5. The molecule has 0 bridgehead atoms. The number of nitrogens with one attached hydrogen (secondary N) is 2. The molecule has 11 heteroatoms. The Hall–Kier alpha value is -4.80. The van der Waals surface area contributed by atoms with Crippen LogP contribution in [0.4, 0.5) is 11.5 Å². The first-order valence-electron chi connectivity index (χ1n) is 16.1. The number of aryl methyl sites for hydroxylation is 3. The van der Waals surface area contributed by atoms with Gasteiger partial charge in [-0.3, -0.25) is 13.9 Å². The van der Waals surface area contributed by atoms with Gasteiger partial charge in [-0.1, -0.05) is 41.9 Å². The standard InChI is InChI=1S/C37H39ClN6O4/c1-21-19-30-32(36(46)44(4)37(47)43(30)3)34(40-21)41-27-14-10-11-24(22(27)2)25-12-9-13-26(33(25)38)29-20-23-15-16-28(31(23)35(42-29)48-5)39-17-7-6-8-18-45/h9-14,18-20,28,39H,6-8,15-17H2,1-5H3,(H,40,41). The summed E-state index contributed by atoms with van der Waals surface area (Å²) in [4.78, 5) is 46.1. The summed E-state index contributed by atoms with van der Waals surface area (Å²) >= 11 is 7.19. The summed E-state index contributed by atoms with van der Waals surface area (Å²) in [5, 5.41) is 7.91. The second kappa shape index (κ2) is 13.7. The molecule has 48 heavy (non-hydrogen) atoms. The zero-order valence-electron chi connectivity index (χ0n) is 27.8. The van der Waals surface area contributed by atoms with E-state index in [1.165, 1.54) is 17.2 Å². The molecule has 1 aliphatic carbocycles. The van der Waals surface area contributed by atoms with E-state index in [9.17, 15) is 14.4 Å². The summed E-state index contributed by atoms with van der Waals surface area (Å²) in [5.74, 6) is 0.972. The lowest BCUT2D eigenvalue weighted by Crippen LogP contribution is -2.37. The van der Waals surface area contributed by atoms with Crippen molar-refractivity contribution in [2.75, 3.05) is 19.0 Å². The molecule has 0 spiro atoms. The van der Waals surface area contributed by atoms with Crippen LogP contribution in [0.1, 0.15) is 54.1 Å². The van der Waals surface area contributed by atoms with Crippen molar-refractivity contribution in [3.63, 3.8) is 0 Å². The van der Waals surface area contributed by atoms with Gasteiger partial charge in [0, 0.05) is 54.6 Å². The van der Waals surface area contributed by atoms with E-state index in [1.54, 1.807) is 20.2 Å². The normalized spacial score (nSPS) is 13.9. The number of fused-ring (bicyclic) bond motifs is 2. The lowest BCUT2D eigenvalue weighted by molar-refractivity contribution is -0.107. The third kappa shape index (κ3) is 6.02. The van der Waals surface area contributed by atoms with E-state index in [0.717, 1.165) is 82.3 Å². The molecule has 1 unspecified atom stereocenters. The van der Waals surface area contributed by atoms with Crippen LogP contribution in [0.2, 0.25) is 5.02 Å². The zero-order chi connectivity index (χ0) is 34.1. The third-order valence-electron chi connectivity index (χ3n) is 9.23. The van der Waals surface area contributed by atoms with Crippen molar-refractivity contribution < 1.29 is 9.53 Å². The number of halogens is 1. The molecule has 10 nitrogen and oxygen atoms in total. The molecule has 2 aromatic carbocycles. The fourth-order valence-electron chi connectivity index (χ4n) is 6.67. The average molecular weight is 667 g/mol. The molecule has 2 N–H and O–H groups in total. The minimum absolute atomic E-state index is 0.150. The number of hydrogen-bond donors (Lipinski definition) is 2. The molecular formula is C37H39ClN6O4. The average Bonchev–Trinajstić information content (AvgIpc) is 3.49. The van der Waals surface area contributed by atoms with E-state index in [4.69, 9.17) is 21.3 Å². The fraction of sp³-hybridized carbons (Fsp3) is 0.324. The van der Waals surface area contributed by atoms with E-state index in [1.807, 2.05) is 50.2 Å². The Labute approximate surface area is 283 Å². The first-order valence-corrected chi connectivity index (χ1v) is 16.5. The smallest absolute Gasteiger partial charge is 0.330 e. The Kier molecular flexibility index (Phi) is 9.48. The molecule has 248 valence electrons. The van der Waals surface area contributed by atoms with Crippen molar-refractivity contribution in [3.05, 3.63) is 96.8 Å². The van der Waals surface area contributed by atoms with E-state index in [2.05, 4.69) is 21.7 Å². The van der Waals surface area contributed by atoms with Crippen LogP contribution in [-0.4, -0.2) is 39.0 Å². The molecule has 5 aromatic rings. The summed E-state index contributed by atoms with van der Waals surface area (Å²) in [5.41, 5.74) is 7.61. The highest BCUT2D eigenvalue weighted by Gasteiger charge is 2.28. The zero-order valence-corrected chi connectivity index (χ0v) is 28.6. The predicted octanol–water partition coefficient (Wildman–Crippen LogP) is 6.33. The van der Waals surface area contributed by atoms with Gasteiger partial charge in [-0.2, -0.15) is 0 Å². The number of carbonyl (C=O) groups is 1. The SMILES string of the molecule is COc1nc(-c2cccc(-c3cccc(Nc4nc(C)cc5c4c(=O)n(C)c(=O)n5C)c3C)c2Cl)cc2c1C(NCCCCC=O)CC2. The summed E-state index contributed by atoms with van der Waals surface area (Å²) in [7, 11) is 4.76. The highest BCUT2D eigenvalue weighted by molar-refractivity contribution is 6.36. The van der Waals surface area contributed by atoms with Crippen LogP contribution in [0.3, 0.4) is 0 Å². The Morgan fingerprint density at radius 1 is 1.00 bits per heavy atom. The molecule has 0 saturated carbocycles. The number of benzene rings is 2. The number of carbonyl (C=O) groups excluding carboxylic acids is 1. The molecule has 0 amide bonds. The largest absolute Gasteiger partial charge is 0.481 e. The summed E-state index contributed by atoms with van der Waals surface area (Å²) in [6.07, 6.45) is 5.22. The van der Waals surface area contributed by atoms with Gasteiger partial charge in [-0.15, -0.1) is 0 Å². The maximum atomic E-state index is 13.3. The van der Waals surface area contributed by atoms with Gasteiger partial charge < -0.3 is 20.2 Å². The second-order valence-electron chi connectivity index (χ2n) is 12.3. The van der Waals surface area contributed by atoms with Crippen LogP contribution in [0.5, 0.6) is 5.88 Å². The lowest BCUT2D eigenvalue weighted by Gasteiger charge is -2.19. The van der Waals surface area contributed by atoms with Gasteiger partial charge in [0.15, 0.2) is 0 Å². The number of rotatable bonds is 11.